The summed E-state index contributed by atoms with van der Waals surface area (Å²) in [5.74, 6) is -0.618. The van der Waals surface area contributed by atoms with E-state index in [1.807, 2.05) is 0 Å². The van der Waals surface area contributed by atoms with Gasteiger partial charge in [0, 0.05) is 17.3 Å². The van der Waals surface area contributed by atoms with Gasteiger partial charge in [-0.25, -0.2) is 23.1 Å². The topological polar surface area (TPSA) is 41.9 Å². The standard InChI is InChI=1S/C15H8BrCl2F3N4/c16-11-5-8(1-2-22-11)25(6-12(20)21)14-9-3-7(19)4-10(17)13(9)23-15(18)24-14/h1-5,12H,6H2. The van der Waals surface area contributed by atoms with Gasteiger partial charge in [0.1, 0.15) is 16.2 Å². The second kappa shape index (κ2) is 7.31. The SMILES string of the molecule is Fc1cc(Cl)c2nc(Cl)nc(N(CC(F)F)c3ccnc(Br)c3)c2c1. The molecule has 0 fully saturated rings. The minimum Gasteiger partial charge on any atom is -0.320 e. The molecule has 0 aliphatic rings. The zero-order valence-electron chi connectivity index (χ0n) is 12.2. The molecule has 0 aliphatic carbocycles. The van der Waals surface area contributed by atoms with E-state index in [9.17, 15) is 13.2 Å². The minimum absolute atomic E-state index is 0.00783. The predicted octanol–water partition coefficient (Wildman–Crippen LogP) is 5.64. The van der Waals surface area contributed by atoms with Crippen molar-refractivity contribution in [1.82, 2.24) is 15.0 Å². The number of hydrogen-bond acceptors (Lipinski definition) is 4. The fraction of sp³-hybridized carbons (Fsp3) is 0.133. The summed E-state index contributed by atoms with van der Waals surface area (Å²) in [5, 5.41) is -0.0140. The van der Waals surface area contributed by atoms with Crippen molar-refractivity contribution in [1.29, 1.82) is 0 Å². The van der Waals surface area contributed by atoms with Crippen LogP contribution in [0.4, 0.5) is 24.7 Å². The molecule has 3 rings (SSSR count). The fourth-order valence-corrected chi connectivity index (χ4v) is 3.10. The van der Waals surface area contributed by atoms with Crippen molar-refractivity contribution in [3.8, 4) is 0 Å². The number of anilines is 2. The Morgan fingerprint density at radius 2 is 1.92 bits per heavy atom. The summed E-state index contributed by atoms with van der Waals surface area (Å²) >= 11 is 15.1. The van der Waals surface area contributed by atoms with Crippen molar-refractivity contribution in [2.45, 2.75) is 6.43 Å². The molecule has 130 valence electrons. The van der Waals surface area contributed by atoms with Crippen molar-refractivity contribution >= 4 is 61.5 Å². The summed E-state index contributed by atoms with van der Waals surface area (Å²) in [4.78, 5) is 13.2. The van der Waals surface area contributed by atoms with Crippen molar-refractivity contribution < 1.29 is 13.2 Å². The number of nitrogens with zero attached hydrogens (tertiary/aromatic N) is 4. The highest BCUT2D eigenvalue weighted by Crippen LogP contribution is 2.35. The largest absolute Gasteiger partial charge is 0.320 e. The van der Waals surface area contributed by atoms with Gasteiger partial charge in [0.05, 0.1) is 17.1 Å². The summed E-state index contributed by atoms with van der Waals surface area (Å²) in [7, 11) is 0. The third kappa shape index (κ3) is 3.96. The number of fused-ring (bicyclic) bond motifs is 1. The summed E-state index contributed by atoms with van der Waals surface area (Å²) in [6.07, 6.45) is -1.24. The normalized spacial score (nSPS) is 11.3. The average molecular weight is 452 g/mol. The van der Waals surface area contributed by atoms with E-state index in [0.29, 0.717) is 10.3 Å². The first-order valence-electron chi connectivity index (χ1n) is 6.84. The van der Waals surface area contributed by atoms with Gasteiger partial charge in [-0.1, -0.05) is 11.6 Å². The molecule has 10 heteroatoms. The van der Waals surface area contributed by atoms with Crippen LogP contribution in [0.1, 0.15) is 0 Å². The Morgan fingerprint density at radius 3 is 2.60 bits per heavy atom. The number of aromatic nitrogens is 3. The van der Waals surface area contributed by atoms with Crippen LogP contribution in [0.5, 0.6) is 0 Å². The lowest BCUT2D eigenvalue weighted by Gasteiger charge is -2.25. The monoisotopic (exact) mass is 450 g/mol. The quantitative estimate of drug-likeness (QED) is 0.380. The first kappa shape index (κ1) is 18.2. The molecular formula is C15H8BrCl2F3N4. The summed E-state index contributed by atoms with van der Waals surface area (Å²) < 4.78 is 40.6. The Labute approximate surface area is 158 Å². The van der Waals surface area contributed by atoms with E-state index < -0.39 is 18.8 Å². The molecule has 2 heterocycles. The molecular weight excluding hydrogens is 444 g/mol. The third-order valence-electron chi connectivity index (χ3n) is 3.27. The molecule has 0 bridgehead atoms. The molecule has 25 heavy (non-hydrogen) atoms. The predicted molar refractivity (Wildman–Crippen MR) is 94.5 cm³/mol. The molecule has 4 nitrogen and oxygen atoms in total. The molecule has 0 aliphatic heterocycles. The Balaban J connectivity index is 2.28. The summed E-state index contributed by atoms with van der Waals surface area (Å²) in [6.45, 7) is -0.687. The number of halogens is 6. The molecule has 0 radical (unpaired) electrons. The molecule has 3 aromatic rings. The van der Waals surface area contributed by atoms with Crippen LogP contribution in [-0.2, 0) is 0 Å². The van der Waals surface area contributed by atoms with Gasteiger partial charge >= 0.3 is 0 Å². The molecule has 0 amide bonds. The minimum atomic E-state index is -2.68. The Bertz CT molecular complexity index is 942. The van der Waals surface area contributed by atoms with Crippen molar-refractivity contribution in [2.24, 2.45) is 0 Å². The number of rotatable bonds is 4. The van der Waals surface area contributed by atoms with Crippen molar-refractivity contribution in [2.75, 3.05) is 11.4 Å². The van der Waals surface area contributed by atoms with E-state index in [-0.39, 0.29) is 27.0 Å². The van der Waals surface area contributed by atoms with Gasteiger partial charge in [-0.15, -0.1) is 0 Å². The van der Waals surface area contributed by atoms with Crippen LogP contribution in [-0.4, -0.2) is 27.9 Å². The van der Waals surface area contributed by atoms with Gasteiger partial charge < -0.3 is 4.90 Å². The van der Waals surface area contributed by atoms with Gasteiger partial charge in [-0.3, -0.25) is 0 Å². The Kier molecular flexibility index (Phi) is 5.31. The average Bonchev–Trinajstić information content (AvgIpc) is 2.53. The maximum atomic E-state index is 13.8. The van der Waals surface area contributed by atoms with Gasteiger partial charge in [0.15, 0.2) is 0 Å². The fourth-order valence-electron chi connectivity index (χ4n) is 2.33. The highest BCUT2D eigenvalue weighted by molar-refractivity contribution is 9.10. The van der Waals surface area contributed by atoms with Crippen LogP contribution in [0.3, 0.4) is 0 Å². The van der Waals surface area contributed by atoms with Crippen LogP contribution in [0, 0.1) is 5.82 Å². The summed E-state index contributed by atoms with van der Waals surface area (Å²) in [6, 6.07) is 5.25. The maximum Gasteiger partial charge on any atom is 0.256 e. The Morgan fingerprint density at radius 1 is 1.16 bits per heavy atom. The molecule has 0 spiro atoms. The molecule has 0 atom stereocenters. The van der Waals surface area contributed by atoms with E-state index in [4.69, 9.17) is 23.2 Å². The van der Waals surface area contributed by atoms with E-state index >= 15 is 0 Å². The Hall–Kier alpha value is -1.64. The second-order valence-electron chi connectivity index (χ2n) is 4.94. The second-order valence-corrected chi connectivity index (χ2v) is 6.50. The highest BCUT2D eigenvalue weighted by Gasteiger charge is 2.22. The lowest BCUT2D eigenvalue weighted by Crippen LogP contribution is -2.25. The van der Waals surface area contributed by atoms with Crippen molar-refractivity contribution in [3.63, 3.8) is 0 Å². The number of hydrogen-bond donors (Lipinski definition) is 0. The molecule has 0 saturated carbocycles. The van der Waals surface area contributed by atoms with Gasteiger partial charge in [0.2, 0.25) is 5.28 Å². The molecule has 2 aromatic heterocycles. The zero-order chi connectivity index (χ0) is 18.1. The van der Waals surface area contributed by atoms with E-state index in [1.165, 1.54) is 23.2 Å². The zero-order valence-corrected chi connectivity index (χ0v) is 15.3. The molecule has 0 saturated heterocycles. The molecule has 0 unspecified atom stereocenters. The van der Waals surface area contributed by atoms with Gasteiger partial charge in [-0.2, -0.15) is 4.98 Å². The molecule has 0 N–H and O–H groups in total. The van der Waals surface area contributed by atoms with Crippen LogP contribution in [0.25, 0.3) is 10.9 Å². The van der Waals surface area contributed by atoms with E-state index in [1.54, 1.807) is 0 Å². The van der Waals surface area contributed by atoms with Crippen LogP contribution in [0.2, 0.25) is 10.3 Å². The number of pyridine rings is 1. The van der Waals surface area contributed by atoms with Gasteiger partial charge in [-0.05, 0) is 51.8 Å². The lowest BCUT2D eigenvalue weighted by molar-refractivity contribution is 0.158. The highest BCUT2D eigenvalue weighted by atomic mass is 79.9. The number of benzene rings is 1. The third-order valence-corrected chi connectivity index (χ3v) is 4.16. The summed E-state index contributed by atoms with van der Waals surface area (Å²) in [5.41, 5.74) is 0.545. The van der Waals surface area contributed by atoms with E-state index in [2.05, 4.69) is 30.9 Å². The first-order valence-corrected chi connectivity index (χ1v) is 8.39. The molecule has 1 aromatic carbocycles. The van der Waals surface area contributed by atoms with Crippen LogP contribution in [0.15, 0.2) is 35.1 Å². The maximum absolute atomic E-state index is 13.8. The van der Waals surface area contributed by atoms with Crippen LogP contribution < -0.4 is 4.90 Å². The van der Waals surface area contributed by atoms with E-state index in [0.717, 1.165) is 12.1 Å². The van der Waals surface area contributed by atoms with Crippen molar-refractivity contribution in [3.05, 3.63) is 51.2 Å². The van der Waals surface area contributed by atoms with Crippen LogP contribution >= 0.6 is 39.1 Å². The van der Waals surface area contributed by atoms with Gasteiger partial charge in [0.25, 0.3) is 6.43 Å². The smallest absolute Gasteiger partial charge is 0.256 e. The number of alkyl halides is 2. The first-order chi connectivity index (χ1) is 11.8. The lowest BCUT2D eigenvalue weighted by atomic mass is 10.2.